The number of nitriles is 1. The molecule has 0 fully saturated rings. The lowest BCUT2D eigenvalue weighted by atomic mass is 10.1. The topological polar surface area (TPSA) is 42.2 Å². The number of hydrogen-bond acceptors (Lipinski definition) is 3. The van der Waals surface area contributed by atoms with Crippen molar-refractivity contribution in [3.8, 4) is 17.6 Å². The van der Waals surface area contributed by atoms with Crippen LogP contribution in [0.15, 0.2) is 35.9 Å². The lowest BCUT2D eigenvalue weighted by molar-refractivity contribution is 0.355. The van der Waals surface area contributed by atoms with E-state index in [4.69, 9.17) is 14.7 Å². The van der Waals surface area contributed by atoms with Gasteiger partial charge in [0, 0.05) is 6.08 Å². The average Bonchev–Trinajstić information content (AvgIpc) is 2.36. The normalized spacial score (nSPS) is 11.3. The van der Waals surface area contributed by atoms with Crippen molar-refractivity contribution in [1.82, 2.24) is 0 Å². The highest BCUT2D eigenvalue weighted by Gasteiger charge is 2.02. The van der Waals surface area contributed by atoms with Crippen LogP contribution in [0.5, 0.6) is 11.5 Å². The maximum atomic E-state index is 8.49. The van der Waals surface area contributed by atoms with E-state index in [1.807, 2.05) is 43.3 Å². The third kappa shape index (κ3) is 3.69. The van der Waals surface area contributed by atoms with Crippen LogP contribution in [0.1, 0.15) is 12.5 Å². The molecule has 0 bridgehead atoms. The van der Waals surface area contributed by atoms with Gasteiger partial charge in [0.15, 0.2) is 11.5 Å². The molecule has 88 valence electrons. The molecule has 1 aromatic rings. The van der Waals surface area contributed by atoms with Crippen molar-refractivity contribution >= 4 is 6.08 Å². The zero-order chi connectivity index (χ0) is 12.7. The van der Waals surface area contributed by atoms with Gasteiger partial charge in [0.05, 0.1) is 20.3 Å². The first kappa shape index (κ1) is 12.9. The summed E-state index contributed by atoms with van der Waals surface area (Å²) in [4.78, 5) is 0. The number of hydrogen-bond donors (Lipinski definition) is 0. The van der Waals surface area contributed by atoms with Crippen LogP contribution in [0.2, 0.25) is 0 Å². The Balaban J connectivity index is 2.94. The minimum atomic E-state index is 0.691. The van der Waals surface area contributed by atoms with Crippen LogP contribution >= 0.6 is 0 Å². The van der Waals surface area contributed by atoms with Gasteiger partial charge in [-0.1, -0.05) is 18.2 Å². The zero-order valence-electron chi connectivity index (χ0n) is 10.2. The molecule has 0 aliphatic rings. The Hall–Kier alpha value is -2.21. The Labute approximate surface area is 102 Å². The second-order valence-corrected chi connectivity index (χ2v) is 3.47. The molecule has 0 amide bonds. The second-order valence-electron chi connectivity index (χ2n) is 3.47. The molecule has 0 heterocycles. The molecule has 0 aliphatic carbocycles. The van der Waals surface area contributed by atoms with Crippen molar-refractivity contribution in [2.45, 2.75) is 6.92 Å². The smallest absolute Gasteiger partial charge is 0.161 e. The molecule has 0 atom stereocenters. The predicted octanol–water partition coefficient (Wildman–Crippen LogP) is 3.19. The molecule has 0 saturated carbocycles. The minimum Gasteiger partial charge on any atom is -0.493 e. The first-order chi connectivity index (χ1) is 8.21. The van der Waals surface area contributed by atoms with Gasteiger partial charge in [-0.2, -0.15) is 5.26 Å². The van der Waals surface area contributed by atoms with Crippen LogP contribution < -0.4 is 9.47 Å². The third-order valence-electron chi connectivity index (χ3n) is 2.24. The fourth-order valence-electron chi connectivity index (χ4n) is 1.33. The molecule has 0 aromatic heterocycles. The molecule has 0 N–H and O–H groups in total. The number of methoxy groups -OCH3 is 2. The van der Waals surface area contributed by atoms with E-state index in [1.165, 1.54) is 6.08 Å². The molecule has 0 unspecified atom stereocenters. The van der Waals surface area contributed by atoms with E-state index in [2.05, 4.69) is 0 Å². The number of allylic oxidation sites excluding steroid dienone is 3. The summed E-state index contributed by atoms with van der Waals surface area (Å²) in [5.41, 5.74) is 1.90. The van der Waals surface area contributed by atoms with Gasteiger partial charge in [-0.15, -0.1) is 0 Å². The lowest BCUT2D eigenvalue weighted by Gasteiger charge is -2.07. The largest absolute Gasteiger partial charge is 0.493 e. The van der Waals surface area contributed by atoms with Crippen LogP contribution in [-0.4, -0.2) is 14.2 Å². The van der Waals surface area contributed by atoms with Gasteiger partial charge >= 0.3 is 0 Å². The number of nitrogens with zero attached hydrogens (tertiary/aromatic N) is 1. The summed E-state index contributed by atoms with van der Waals surface area (Å²) < 4.78 is 10.4. The predicted molar refractivity (Wildman–Crippen MR) is 68.0 cm³/mol. The van der Waals surface area contributed by atoms with E-state index in [1.54, 1.807) is 14.2 Å². The molecule has 0 radical (unpaired) electrons. The zero-order valence-corrected chi connectivity index (χ0v) is 10.2. The van der Waals surface area contributed by atoms with Crippen molar-refractivity contribution < 1.29 is 9.47 Å². The molecular weight excluding hydrogens is 214 g/mol. The highest BCUT2D eigenvalue weighted by molar-refractivity contribution is 5.58. The summed E-state index contributed by atoms with van der Waals surface area (Å²) in [5, 5.41) is 8.49. The molecule has 3 nitrogen and oxygen atoms in total. The summed E-state index contributed by atoms with van der Waals surface area (Å²) in [6.45, 7) is 1.88. The van der Waals surface area contributed by atoms with Crippen molar-refractivity contribution in [1.29, 1.82) is 5.26 Å². The second kappa shape index (κ2) is 6.39. The van der Waals surface area contributed by atoms with Crippen LogP contribution in [-0.2, 0) is 0 Å². The lowest BCUT2D eigenvalue weighted by Crippen LogP contribution is -1.90. The number of benzene rings is 1. The summed E-state index contributed by atoms with van der Waals surface area (Å²) in [6, 6.07) is 7.65. The van der Waals surface area contributed by atoms with Gasteiger partial charge in [0.25, 0.3) is 0 Å². The van der Waals surface area contributed by atoms with Crippen LogP contribution in [0.3, 0.4) is 0 Å². The number of rotatable bonds is 4. The molecule has 1 aromatic carbocycles. The highest BCUT2D eigenvalue weighted by Crippen LogP contribution is 2.28. The number of ether oxygens (including phenoxy) is 2. The molecule has 0 aliphatic heterocycles. The quantitative estimate of drug-likeness (QED) is 0.588. The Kier molecular flexibility index (Phi) is 4.83. The van der Waals surface area contributed by atoms with Gasteiger partial charge < -0.3 is 9.47 Å². The van der Waals surface area contributed by atoms with Crippen LogP contribution in [0.25, 0.3) is 6.08 Å². The molecule has 1 rings (SSSR count). The van der Waals surface area contributed by atoms with E-state index in [0.29, 0.717) is 11.5 Å². The first-order valence-electron chi connectivity index (χ1n) is 5.17. The van der Waals surface area contributed by atoms with Gasteiger partial charge in [-0.05, 0) is 30.2 Å². The maximum absolute atomic E-state index is 8.49. The highest BCUT2D eigenvalue weighted by atomic mass is 16.5. The van der Waals surface area contributed by atoms with Crippen molar-refractivity contribution in [2.24, 2.45) is 0 Å². The van der Waals surface area contributed by atoms with Crippen molar-refractivity contribution in [3.63, 3.8) is 0 Å². The standard InChI is InChI=1S/C14H15NO2/c1-11(8-9-15)4-5-12-6-7-13(16-2)14(10-12)17-3/h4-8,10H,1-3H3/b5-4+,11-8+. The fraction of sp³-hybridized carbons (Fsp3) is 0.214. The van der Waals surface area contributed by atoms with E-state index >= 15 is 0 Å². The first-order valence-corrected chi connectivity index (χ1v) is 5.17. The van der Waals surface area contributed by atoms with Crippen molar-refractivity contribution in [3.05, 3.63) is 41.5 Å². The third-order valence-corrected chi connectivity index (χ3v) is 2.24. The monoisotopic (exact) mass is 229 g/mol. The molecule has 3 heteroatoms. The summed E-state index contributed by atoms with van der Waals surface area (Å²) in [5.74, 6) is 1.39. The molecular formula is C14H15NO2. The maximum Gasteiger partial charge on any atom is 0.161 e. The Morgan fingerprint density at radius 1 is 1.24 bits per heavy atom. The van der Waals surface area contributed by atoms with E-state index in [0.717, 1.165) is 11.1 Å². The van der Waals surface area contributed by atoms with Crippen LogP contribution in [0, 0.1) is 11.3 Å². The van der Waals surface area contributed by atoms with Gasteiger partial charge in [0.2, 0.25) is 0 Å². The molecule has 0 saturated heterocycles. The average molecular weight is 229 g/mol. The van der Waals surface area contributed by atoms with E-state index in [9.17, 15) is 0 Å². The van der Waals surface area contributed by atoms with Gasteiger partial charge in [0.1, 0.15) is 0 Å². The van der Waals surface area contributed by atoms with Crippen LogP contribution in [0.4, 0.5) is 0 Å². The summed E-state index contributed by atoms with van der Waals surface area (Å²) >= 11 is 0. The SMILES string of the molecule is COc1ccc(/C=C/C(C)=C/C#N)cc1OC. The minimum absolute atomic E-state index is 0.691. The van der Waals surface area contributed by atoms with Gasteiger partial charge in [-0.3, -0.25) is 0 Å². The summed E-state index contributed by atoms with van der Waals surface area (Å²) in [6.07, 6.45) is 5.30. The fourth-order valence-corrected chi connectivity index (χ4v) is 1.33. The Morgan fingerprint density at radius 2 is 1.94 bits per heavy atom. The van der Waals surface area contributed by atoms with Crippen molar-refractivity contribution in [2.75, 3.05) is 14.2 Å². The molecule has 17 heavy (non-hydrogen) atoms. The van der Waals surface area contributed by atoms with E-state index in [-0.39, 0.29) is 0 Å². The van der Waals surface area contributed by atoms with Gasteiger partial charge in [-0.25, -0.2) is 0 Å². The van der Waals surface area contributed by atoms with E-state index < -0.39 is 0 Å². The Morgan fingerprint density at radius 3 is 2.53 bits per heavy atom. The Bertz CT molecular complexity index is 481. The summed E-state index contributed by atoms with van der Waals surface area (Å²) in [7, 11) is 3.21. The molecule has 0 spiro atoms.